The van der Waals surface area contributed by atoms with Crippen LogP contribution in [0, 0.1) is 11.3 Å². The van der Waals surface area contributed by atoms with Gasteiger partial charge in [0.15, 0.2) is 5.58 Å². The molecule has 0 bridgehead atoms. The summed E-state index contributed by atoms with van der Waals surface area (Å²) >= 11 is 0. The Balaban J connectivity index is 1.68. The fraction of sp³-hybridized carbons (Fsp3) is 0.118. The second kappa shape index (κ2) is 6.20. The molecule has 0 aliphatic carbocycles. The lowest BCUT2D eigenvalue weighted by atomic mass is 10.2. The molecule has 0 amide bonds. The molecular formula is C17H12N2O4. The number of rotatable bonds is 4. The van der Waals surface area contributed by atoms with E-state index in [1.165, 1.54) is 4.57 Å². The lowest BCUT2D eigenvalue weighted by Gasteiger charge is -2.05. The highest BCUT2D eigenvalue weighted by Crippen LogP contribution is 2.12. The normalized spacial score (nSPS) is 10.4. The van der Waals surface area contributed by atoms with Crippen LogP contribution in [-0.4, -0.2) is 10.5 Å². The van der Waals surface area contributed by atoms with E-state index in [0.29, 0.717) is 16.7 Å². The number of hydrogen-bond donors (Lipinski definition) is 0. The summed E-state index contributed by atoms with van der Waals surface area (Å²) in [6, 6.07) is 15.6. The number of esters is 1. The molecule has 1 aromatic heterocycles. The maximum absolute atomic E-state index is 11.9. The molecule has 0 unspecified atom stereocenters. The third kappa shape index (κ3) is 3.14. The predicted molar refractivity (Wildman–Crippen MR) is 81.4 cm³/mol. The SMILES string of the molecule is N#Cc1ccc(COC(=O)Cn2c(=O)oc3ccccc32)cc1. The van der Waals surface area contributed by atoms with Crippen molar-refractivity contribution in [2.24, 2.45) is 0 Å². The van der Waals surface area contributed by atoms with Crippen LogP contribution in [0.25, 0.3) is 11.1 Å². The van der Waals surface area contributed by atoms with Gasteiger partial charge in [0.05, 0.1) is 17.1 Å². The van der Waals surface area contributed by atoms with E-state index in [9.17, 15) is 9.59 Å². The fourth-order valence-electron chi connectivity index (χ4n) is 2.18. The highest BCUT2D eigenvalue weighted by Gasteiger charge is 2.13. The van der Waals surface area contributed by atoms with Crippen molar-refractivity contribution in [3.05, 3.63) is 70.2 Å². The average Bonchev–Trinajstić information content (AvgIpc) is 2.89. The van der Waals surface area contributed by atoms with Gasteiger partial charge < -0.3 is 9.15 Å². The Morgan fingerprint density at radius 2 is 1.91 bits per heavy atom. The Morgan fingerprint density at radius 3 is 2.65 bits per heavy atom. The van der Waals surface area contributed by atoms with Crippen LogP contribution in [0.4, 0.5) is 0 Å². The van der Waals surface area contributed by atoms with Gasteiger partial charge >= 0.3 is 11.7 Å². The second-order valence-electron chi connectivity index (χ2n) is 4.89. The molecule has 0 fully saturated rings. The molecule has 0 atom stereocenters. The minimum absolute atomic E-state index is 0.0784. The third-order valence-corrected chi connectivity index (χ3v) is 3.34. The number of nitriles is 1. The summed E-state index contributed by atoms with van der Waals surface area (Å²) in [5, 5.41) is 8.73. The Kier molecular flexibility index (Phi) is 3.93. The van der Waals surface area contributed by atoms with Gasteiger partial charge in [-0.1, -0.05) is 24.3 Å². The van der Waals surface area contributed by atoms with Gasteiger partial charge in [-0.25, -0.2) is 4.79 Å². The van der Waals surface area contributed by atoms with Gasteiger partial charge in [0, 0.05) is 0 Å². The molecule has 1 heterocycles. The number of oxazole rings is 1. The maximum atomic E-state index is 11.9. The van der Waals surface area contributed by atoms with E-state index in [1.807, 2.05) is 6.07 Å². The highest BCUT2D eigenvalue weighted by molar-refractivity contribution is 5.76. The van der Waals surface area contributed by atoms with E-state index in [-0.39, 0.29) is 13.2 Å². The second-order valence-corrected chi connectivity index (χ2v) is 4.89. The molecule has 6 nitrogen and oxygen atoms in total. The molecule has 0 aliphatic rings. The van der Waals surface area contributed by atoms with Crippen LogP contribution in [-0.2, 0) is 22.7 Å². The third-order valence-electron chi connectivity index (χ3n) is 3.34. The molecule has 23 heavy (non-hydrogen) atoms. The van der Waals surface area contributed by atoms with Crippen LogP contribution in [0.15, 0.2) is 57.7 Å². The standard InChI is InChI=1S/C17H12N2O4/c18-9-12-5-7-13(8-6-12)11-22-16(20)10-19-14-3-1-2-4-15(14)23-17(19)21/h1-8H,10-11H2. The largest absolute Gasteiger partial charge is 0.459 e. The molecule has 0 radical (unpaired) electrons. The maximum Gasteiger partial charge on any atom is 0.420 e. The van der Waals surface area contributed by atoms with Gasteiger partial charge in [0.2, 0.25) is 0 Å². The summed E-state index contributed by atoms with van der Waals surface area (Å²) < 4.78 is 11.4. The molecule has 0 saturated carbocycles. The van der Waals surface area contributed by atoms with Crippen LogP contribution in [0.5, 0.6) is 0 Å². The topological polar surface area (TPSA) is 85.2 Å². The van der Waals surface area contributed by atoms with Crippen molar-refractivity contribution in [1.29, 1.82) is 5.26 Å². The Morgan fingerprint density at radius 1 is 1.17 bits per heavy atom. The number of para-hydroxylation sites is 2. The van der Waals surface area contributed by atoms with E-state index < -0.39 is 11.7 Å². The molecule has 2 aromatic carbocycles. The number of aromatic nitrogens is 1. The van der Waals surface area contributed by atoms with Gasteiger partial charge in [-0.05, 0) is 29.8 Å². The molecule has 6 heteroatoms. The molecule has 3 rings (SSSR count). The first-order valence-corrected chi connectivity index (χ1v) is 6.90. The quantitative estimate of drug-likeness (QED) is 0.690. The predicted octanol–water partition coefficient (Wildman–Crippen LogP) is 2.21. The lowest BCUT2D eigenvalue weighted by Crippen LogP contribution is -2.21. The Hall–Kier alpha value is -3.33. The van der Waals surface area contributed by atoms with Crippen molar-refractivity contribution in [3.63, 3.8) is 0 Å². The van der Waals surface area contributed by atoms with Crippen LogP contribution < -0.4 is 5.76 Å². The van der Waals surface area contributed by atoms with Crippen molar-refractivity contribution < 1.29 is 13.9 Å². The molecule has 0 saturated heterocycles. The fourth-order valence-corrected chi connectivity index (χ4v) is 2.18. The molecule has 114 valence electrons. The number of benzene rings is 2. The minimum atomic E-state index is -0.596. The number of carbonyl (C=O) groups is 1. The zero-order valence-corrected chi connectivity index (χ0v) is 12.1. The smallest absolute Gasteiger partial charge is 0.420 e. The van der Waals surface area contributed by atoms with Gasteiger partial charge in [0.25, 0.3) is 0 Å². The van der Waals surface area contributed by atoms with Crippen molar-refractivity contribution >= 4 is 17.1 Å². The van der Waals surface area contributed by atoms with Crippen molar-refractivity contribution in [1.82, 2.24) is 4.57 Å². The van der Waals surface area contributed by atoms with Crippen molar-refractivity contribution in [2.45, 2.75) is 13.2 Å². The van der Waals surface area contributed by atoms with Crippen LogP contribution in [0.3, 0.4) is 0 Å². The number of hydrogen-bond acceptors (Lipinski definition) is 5. The summed E-state index contributed by atoms with van der Waals surface area (Å²) in [7, 11) is 0. The van der Waals surface area contributed by atoms with Crippen LogP contribution in [0.2, 0.25) is 0 Å². The number of ether oxygens (including phenoxy) is 1. The Bertz CT molecular complexity index is 945. The summed E-state index contributed by atoms with van der Waals surface area (Å²) in [5.41, 5.74) is 2.28. The summed E-state index contributed by atoms with van der Waals surface area (Å²) in [5.74, 6) is -1.13. The van der Waals surface area contributed by atoms with E-state index in [0.717, 1.165) is 5.56 Å². The summed E-state index contributed by atoms with van der Waals surface area (Å²) in [6.45, 7) is -0.138. The highest BCUT2D eigenvalue weighted by atomic mass is 16.5. The van der Waals surface area contributed by atoms with Crippen molar-refractivity contribution in [3.8, 4) is 6.07 Å². The zero-order chi connectivity index (χ0) is 16.2. The van der Waals surface area contributed by atoms with E-state index >= 15 is 0 Å². The Labute approximate surface area is 131 Å². The average molecular weight is 308 g/mol. The van der Waals surface area contributed by atoms with Gasteiger partial charge in [-0.15, -0.1) is 0 Å². The van der Waals surface area contributed by atoms with Gasteiger partial charge in [-0.2, -0.15) is 5.26 Å². The molecule has 0 aliphatic heterocycles. The number of fused-ring (bicyclic) bond motifs is 1. The molecule has 0 N–H and O–H groups in total. The zero-order valence-electron chi connectivity index (χ0n) is 12.1. The summed E-state index contributed by atoms with van der Waals surface area (Å²) in [6.07, 6.45) is 0. The first-order valence-electron chi connectivity index (χ1n) is 6.90. The van der Waals surface area contributed by atoms with Crippen LogP contribution in [0.1, 0.15) is 11.1 Å². The summed E-state index contributed by atoms with van der Waals surface area (Å²) in [4.78, 5) is 23.7. The number of carbonyl (C=O) groups excluding carboxylic acids is 1. The van der Waals surface area contributed by atoms with Crippen molar-refractivity contribution in [2.75, 3.05) is 0 Å². The van der Waals surface area contributed by atoms with Crippen LogP contribution >= 0.6 is 0 Å². The van der Waals surface area contributed by atoms with Gasteiger partial charge in [0.1, 0.15) is 13.2 Å². The first-order chi connectivity index (χ1) is 11.2. The van der Waals surface area contributed by atoms with E-state index in [4.69, 9.17) is 14.4 Å². The molecular weight excluding hydrogens is 296 g/mol. The first kappa shape index (κ1) is 14.6. The van der Waals surface area contributed by atoms with Gasteiger partial charge in [-0.3, -0.25) is 9.36 Å². The molecule has 3 aromatic rings. The number of nitrogens with zero attached hydrogens (tertiary/aromatic N) is 2. The monoisotopic (exact) mass is 308 g/mol. The molecule has 0 spiro atoms. The van der Waals surface area contributed by atoms with E-state index in [2.05, 4.69) is 0 Å². The minimum Gasteiger partial charge on any atom is -0.459 e. The van der Waals surface area contributed by atoms with E-state index in [1.54, 1.807) is 48.5 Å². The lowest BCUT2D eigenvalue weighted by molar-refractivity contribution is -0.145.